The molecule has 0 bridgehead atoms. The van der Waals surface area contributed by atoms with Crippen LogP contribution >= 0.6 is 0 Å². The highest BCUT2D eigenvalue weighted by atomic mass is 16.4. The lowest BCUT2D eigenvalue weighted by molar-refractivity contribution is 0.630. The van der Waals surface area contributed by atoms with E-state index in [1.54, 1.807) is 0 Å². The van der Waals surface area contributed by atoms with Gasteiger partial charge in [0.1, 0.15) is 11.2 Å². The minimum Gasteiger partial charge on any atom is -0.456 e. The van der Waals surface area contributed by atoms with Gasteiger partial charge in [-0.25, -0.2) is 9.20 Å². The summed E-state index contributed by atoms with van der Waals surface area (Å²) in [4.78, 5) is 22.3. The SMILES string of the molecule is O=c1nc(-c2cccc3oc4ccc(-c5ccc6c7ccccc7c7ccccc7c6c5)cc4c23)nc2oc3ccccc3n12. The topological polar surface area (TPSA) is 73.5 Å². The largest absolute Gasteiger partial charge is 0.456 e. The van der Waals surface area contributed by atoms with Crippen LogP contribution in [0.2, 0.25) is 0 Å². The highest BCUT2D eigenvalue weighted by Gasteiger charge is 2.19. The van der Waals surface area contributed by atoms with Gasteiger partial charge >= 0.3 is 11.5 Å². The first-order chi connectivity index (χ1) is 22.2. The lowest BCUT2D eigenvalue weighted by atomic mass is 9.92. The van der Waals surface area contributed by atoms with E-state index in [1.165, 1.54) is 36.7 Å². The fourth-order valence-corrected chi connectivity index (χ4v) is 6.89. The van der Waals surface area contributed by atoms with Crippen LogP contribution in [-0.4, -0.2) is 14.4 Å². The number of para-hydroxylation sites is 2. The summed E-state index contributed by atoms with van der Waals surface area (Å²) in [6, 6.07) is 43.3. The van der Waals surface area contributed by atoms with Crippen molar-refractivity contribution < 1.29 is 8.83 Å². The van der Waals surface area contributed by atoms with Crippen molar-refractivity contribution in [1.29, 1.82) is 0 Å². The number of fused-ring (bicyclic) bond motifs is 12. The standard InChI is InChI=1S/C39H21N3O3/c43-38-40-37(41-39-42(38)32-13-5-6-14-34(32)45-39)29-12-7-15-35-36(29)31-21-23(17-19-33(31)44-35)22-16-18-28-26-10-2-1-8-24(26)25-9-3-4-11-27(25)30(28)20-22/h1-21H. The molecular formula is C39H21N3O3. The molecule has 0 aliphatic heterocycles. The minimum atomic E-state index is -0.443. The molecule has 6 nitrogen and oxygen atoms in total. The third kappa shape index (κ3) is 3.42. The minimum absolute atomic E-state index is 0.201. The van der Waals surface area contributed by atoms with E-state index in [4.69, 9.17) is 13.8 Å². The van der Waals surface area contributed by atoms with Crippen molar-refractivity contribution in [2.75, 3.05) is 0 Å². The zero-order chi connectivity index (χ0) is 29.6. The average Bonchev–Trinajstić information content (AvgIpc) is 3.66. The van der Waals surface area contributed by atoms with Gasteiger partial charge in [0.15, 0.2) is 11.4 Å². The van der Waals surface area contributed by atoms with Crippen molar-refractivity contribution in [1.82, 2.24) is 14.4 Å². The zero-order valence-corrected chi connectivity index (χ0v) is 23.7. The third-order valence-electron chi connectivity index (χ3n) is 8.91. The first kappa shape index (κ1) is 24.2. The molecule has 6 heteroatoms. The van der Waals surface area contributed by atoms with Crippen molar-refractivity contribution >= 4 is 71.2 Å². The number of hydrogen-bond donors (Lipinski definition) is 0. The molecule has 0 amide bonds. The summed E-state index contributed by atoms with van der Waals surface area (Å²) in [5.74, 6) is 0.495. The summed E-state index contributed by atoms with van der Waals surface area (Å²) in [6.45, 7) is 0. The Hall–Kier alpha value is -6.27. The van der Waals surface area contributed by atoms with Crippen LogP contribution < -0.4 is 5.69 Å². The monoisotopic (exact) mass is 579 g/mol. The molecule has 0 saturated carbocycles. The van der Waals surface area contributed by atoms with Crippen molar-refractivity contribution in [3.05, 3.63) is 138 Å². The molecular weight excluding hydrogens is 558 g/mol. The second-order valence-electron chi connectivity index (χ2n) is 11.4. The Labute approximate surface area is 254 Å². The van der Waals surface area contributed by atoms with Gasteiger partial charge in [-0.15, -0.1) is 0 Å². The smallest absolute Gasteiger partial charge is 0.358 e. The van der Waals surface area contributed by atoms with E-state index < -0.39 is 5.69 Å². The van der Waals surface area contributed by atoms with E-state index in [1.807, 2.05) is 48.5 Å². The van der Waals surface area contributed by atoms with E-state index in [2.05, 4.69) is 83.8 Å². The van der Waals surface area contributed by atoms with Gasteiger partial charge in [0.05, 0.1) is 5.52 Å². The van der Waals surface area contributed by atoms with Crippen LogP contribution in [0.5, 0.6) is 0 Å². The average molecular weight is 580 g/mol. The van der Waals surface area contributed by atoms with Gasteiger partial charge in [0, 0.05) is 16.3 Å². The Morgan fingerprint density at radius 2 is 1.11 bits per heavy atom. The van der Waals surface area contributed by atoms with Crippen LogP contribution in [-0.2, 0) is 0 Å². The number of rotatable bonds is 2. The Balaban J connectivity index is 1.20. The van der Waals surface area contributed by atoms with Gasteiger partial charge in [0.25, 0.3) is 0 Å². The molecule has 0 atom stereocenters. The summed E-state index contributed by atoms with van der Waals surface area (Å²) in [5, 5.41) is 9.21. The normalized spacial score (nSPS) is 12.1. The number of benzene rings is 7. The van der Waals surface area contributed by atoms with Crippen LogP contribution in [0, 0.1) is 0 Å². The van der Waals surface area contributed by atoms with E-state index in [9.17, 15) is 4.79 Å². The van der Waals surface area contributed by atoms with Crippen molar-refractivity contribution in [2.45, 2.75) is 0 Å². The van der Waals surface area contributed by atoms with Crippen LogP contribution in [0.4, 0.5) is 0 Å². The number of hydrogen-bond acceptors (Lipinski definition) is 5. The molecule has 210 valence electrons. The van der Waals surface area contributed by atoms with Gasteiger partial charge in [-0.2, -0.15) is 9.97 Å². The molecule has 7 aromatic carbocycles. The second kappa shape index (κ2) is 8.88. The van der Waals surface area contributed by atoms with Crippen molar-refractivity contribution in [3.8, 4) is 22.5 Å². The van der Waals surface area contributed by atoms with Crippen LogP contribution in [0.1, 0.15) is 0 Å². The van der Waals surface area contributed by atoms with Crippen LogP contribution in [0.15, 0.2) is 141 Å². The molecule has 0 saturated heterocycles. The number of nitrogens with zero attached hydrogens (tertiary/aromatic N) is 3. The lowest BCUT2D eigenvalue weighted by Gasteiger charge is -2.12. The Kier molecular flexibility index (Phi) is 4.77. The van der Waals surface area contributed by atoms with Gasteiger partial charge < -0.3 is 8.83 Å². The predicted octanol–water partition coefficient (Wildman–Crippen LogP) is 9.53. The maximum absolute atomic E-state index is 13.2. The number of furan rings is 1. The van der Waals surface area contributed by atoms with Gasteiger partial charge in [-0.05, 0) is 79.8 Å². The zero-order valence-electron chi connectivity index (χ0n) is 23.7. The van der Waals surface area contributed by atoms with Crippen LogP contribution in [0.3, 0.4) is 0 Å². The fourth-order valence-electron chi connectivity index (χ4n) is 6.89. The summed E-state index contributed by atoms with van der Waals surface area (Å²) in [7, 11) is 0. The molecule has 10 aromatic rings. The molecule has 0 N–H and O–H groups in total. The summed E-state index contributed by atoms with van der Waals surface area (Å²) < 4.78 is 13.6. The predicted molar refractivity (Wildman–Crippen MR) is 180 cm³/mol. The molecule has 0 radical (unpaired) electrons. The van der Waals surface area contributed by atoms with Crippen molar-refractivity contribution in [2.24, 2.45) is 0 Å². The summed E-state index contributed by atoms with van der Waals surface area (Å²) >= 11 is 0. The van der Waals surface area contributed by atoms with Crippen LogP contribution in [0.25, 0.3) is 93.7 Å². The lowest BCUT2D eigenvalue weighted by Crippen LogP contribution is -2.18. The van der Waals surface area contributed by atoms with E-state index in [0.29, 0.717) is 28.1 Å². The second-order valence-corrected chi connectivity index (χ2v) is 11.4. The fraction of sp³-hybridized carbons (Fsp3) is 0. The van der Waals surface area contributed by atoms with Gasteiger partial charge in [-0.3, -0.25) is 0 Å². The first-order valence-electron chi connectivity index (χ1n) is 14.8. The number of aromatic nitrogens is 3. The van der Waals surface area contributed by atoms with Gasteiger partial charge in [0.2, 0.25) is 0 Å². The molecule has 0 unspecified atom stereocenters. The van der Waals surface area contributed by atoms with Gasteiger partial charge in [-0.1, -0.05) is 91.0 Å². The molecule has 3 aromatic heterocycles. The Bertz CT molecular complexity index is 2880. The van der Waals surface area contributed by atoms with Crippen molar-refractivity contribution in [3.63, 3.8) is 0 Å². The molecule has 10 rings (SSSR count). The number of oxazole rings is 1. The molecule has 45 heavy (non-hydrogen) atoms. The Morgan fingerprint density at radius 1 is 0.489 bits per heavy atom. The molecule has 0 fully saturated rings. The highest BCUT2D eigenvalue weighted by Crippen LogP contribution is 2.40. The van der Waals surface area contributed by atoms with E-state index in [0.717, 1.165) is 27.5 Å². The molecule has 0 aliphatic rings. The van der Waals surface area contributed by atoms with E-state index in [-0.39, 0.29) is 5.84 Å². The Morgan fingerprint density at radius 3 is 1.89 bits per heavy atom. The first-order valence-corrected chi connectivity index (χ1v) is 14.8. The highest BCUT2D eigenvalue weighted by molar-refractivity contribution is 6.25. The summed E-state index contributed by atoms with van der Waals surface area (Å²) in [6.07, 6.45) is 0. The maximum Gasteiger partial charge on any atom is 0.358 e. The molecule has 0 spiro atoms. The van der Waals surface area contributed by atoms with E-state index >= 15 is 0 Å². The summed E-state index contributed by atoms with van der Waals surface area (Å²) in [5.41, 5.74) is 5.10. The molecule has 0 aliphatic carbocycles. The quantitative estimate of drug-likeness (QED) is 0.191. The third-order valence-corrected chi connectivity index (χ3v) is 8.91. The maximum atomic E-state index is 13.2. The molecule has 3 heterocycles.